The van der Waals surface area contributed by atoms with Crippen molar-refractivity contribution in [1.82, 2.24) is 0 Å². The molecule has 0 aliphatic rings. The van der Waals surface area contributed by atoms with Crippen molar-refractivity contribution in [3.05, 3.63) is 29.8 Å². The Bertz CT molecular complexity index is 355. The lowest BCUT2D eigenvalue weighted by atomic mass is 10.2. The van der Waals surface area contributed by atoms with Gasteiger partial charge >= 0.3 is 0 Å². The predicted octanol–water partition coefficient (Wildman–Crippen LogP) is 0.886. The van der Waals surface area contributed by atoms with Crippen LogP contribution < -0.4 is 10.6 Å². The molecule has 1 aromatic carbocycles. The summed E-state index contributed by atoms with van der Waals surface area (Å²) < 4.78 is 25.6. The van der Waals surface area contributed by atoms with Crippen molar-refractivity contribution >= 4 is 11.6 Å². The Morgan fingerprint density at radius 3 is 2.64 bits per heavy atom. The maximum Gasteiger partial charge on any atom is 0.240 e. The highest BCUT2D eigenvalue weighted by atomic mass is 19.1. The van der Waals surface area contributed by atoms with Crippen LogP contribution in [0.15, 0.2) is 18.2 Å². The van der Waals surface area contributed by atoms with Gasteiger partial charge < -0.3 is 10.6 Å². The van der Waals surface area contributed by atoms with Crippen molar-refractivity contribution in [2.75, 3.05) is 18.5 Å². The van der Waals surface area contributed by atoms with Crippen LogP contribution in [0.5, 0.6) is 0 Å². The summed E-state index contributed by atoms with van der Waals surface area (Å²) in [5.41, 5.74) is 5.12. The summed E-state index contributed by atoms with van der Waals surface area (Å²) in [6.07, 6.45) is 0. The van der Waals surface area contributed by atoms with Gasteiger partial charge in [0, 0.05) is 13.1 Å². The van der Waals surface area contributed by atoms with Crippen LogP contribution in [0.25, 0.3) is 0 Å². The minimum Gasteiger partial charge on any atom is -0.322 e. The zero-order chi connectivity index (χ0) is 10.7. The summed E-state index contributed by atoms with van der Waals surface area (Å²) >= 11 is 0. The summed E-state index contributed by atoms with van der Waals surface area (Å²) in [7, 11) is 1.38. The van der Waals surface area contributed by atoms with E-state index in [1.165, 1.54) is 13.1 Å². The van der Waals surface area contributed by atoms with Crippen LogP contribution in [0.1, 0.15) is 0 Å². The number of anilines is 1. The van der Waals surface area contributed by atoms with Crippen LogP contribution in [0, 0.1) is 11.6 Å². The highest BCUT2D eigenvalue weighted by Crippen LogP contribution is 2.18. The van der Waals surface area contributed by atoms with E-state index in [4.69, 9.17) is 5.73 Å². The molecule has 0 spiro atoms. The number of nitrogens with two attached hydrogens (primary N) is 1. The Balaban J connectivity index is 3.01. The van der Waals surface area contributed by atoms with Gasteiger partial charge in [-0.15, -0.1) is 0 Å². The third-order valence-electron chi connectivity index (χ3n) is 1.82. The first-order valence-corrected chi connectivity index (χ1v) is 3.98. The Kier molecular flexibility index (Phi) is 3.14. The van der Waals surface area contributed by atoms with Gasteiger partial charge in [0.15, 0.2) is 0 Å². The third kappa shape index (κ3) is 2.05. The van der Waals surface area contributed by atoms with Gasteiger partial charge in [-0.3, -0.25) is 4.79 Å². The summed E-state index contributed by atoms with van der Waals surface area (Å²) in [5, 5.41) is 0. The first-order chi connectivity index (χ1) is 6.56. The number of carbonyl (C=O) groups is 1. The molecule has 0 heterocycles. The smallest absolute Gasteiger partial charge is 0.240 e. The average molecular weight is 200 g/mol. The summed E-state index contributed by atoms with van der Waals surface area (Å²) in [6, 6.07) is 2.99. The minimum absolute atomic E-state index is 0.0156. The molecular formula is C9H10F2N2O. The second kappa shape index (κ2) is 4.15. The predicted molar refractivity (Wildman–Crippen MR) is 48.8 cm³/mol. The number of amides is 1. The van der Waals surface area contributed by atoms with E-state index in [1.54, 1.807) is 0 Å². The lowest BCUT2D eigenvalue weighted by Crippen LogP contribution is -2.33. The second-order valence-electron chi connectivity index (χ2n) is 2.75. The highest BCUT2D eigenvalue weighted by Gasteiger charge is 2.13. The molecule has 0 aromatic heterocycles. The number of hydrogen-bond acceptors (Lipinski definition) is 2. The highest BCUT2D eigenvalue weighted by molar-refractivity contribution is 5.94. The van der Waals surface area contributed by atoms with E-state index in [0.29, 0.717) is 0 Å². The maximum absolute atomic E-state index is 13.1. The number of benzene rings is 1. The van der Waals surface area contributed by atoms with Crippen LogP contribution in [0.4, 0.5) is 14.5 Å². The van der Waals surface area contributed by atoms with Crippen molar-refractivity contribution in [2.24, 2.45) is 5.73 Å². The van der Waals surface area contributed by atoms with Gasteiger partial charge in [-0.25, -0.2) is 8.78 Å². The standard InChI is InChI=1S/C9H10F2N2O/c1-13(9(14)5-12)8-3-2-6(10)4-7(8)11/h2-4H,5,12H2,1H3. The fraction of sp³-hybridized carbons (Fsp3) is 0.222. The number of carbonyl (C=O) groups excluding carboxylic acids is 1. The zero-order valence-electron chi connectivity index (χ0n) is 7.63. The Hall–Kier alpha value is -1.49. The molecule has 14 heavy (non-hydrogen) atoms. The fourth-order valence-corrected chi connectivity index (χ4v) is 1.02. The molecule has 1 rings (SSSR count). The molecule has 1 aromatic rings. The third-order valence-corrected chi connectivity index (χ3v) is 1.82. The van der Waals surface area contributed by atoms with Crippen LogP contribution in [-0.2, 0) is 4.79 Å². The lowest BCUT2D eigenvalue weighted by Gasteiger charge is -2.16. The molecule has 2 N–H and O–H groups in total. The van der Waals surface area contributed by atoms with Crippen LogP contribution >= 0.6 is 0 Å². The van der Waals surface area contributed by atoms with Gasteiger partial charge in [0.2, 0.25) is 5.91 Å². The van der Waals surface area contributed by atoms with E-state index in [0.717, 1.165) is 17.0 Å². The molecule has 0 bridgehead atoms. The SMILES string of the molecule is CN(C(=O)CN)c1ccc(F)cc1F. The van der Waals surface area contributed by atoms with Crippen molar-refractivity contribution in [3.8, 4) is 0 Å². The van der Waals surface area contributed by atoms with Crippen molar-refractivity contribution in [1.29, 1.82) is 0 Å². The molecule has 0 fully saturated rings. The number of likely N-dealkylation sites (N-methyl/N-ethyl adjacent to an activating group) is 1. The number of rotatable bonds is 2. The molecule has 76 valence electrons. The minimum atomic E-state index is -0.783. The quantitative estimate of drug-likeness (QED) is 0.770. The normalized spacial score (nSPS) is 10.0. The topological polar surface area (TPSA) is 46.3 Å². The first kappa shape index (κ1) is 10.6. The molecule has 5 heteroatoms. The molecule has 3 nitrogen and oxygen atoms in total. The molecule has 0 atom stereocenters. The van der Waals surface area contributed by atoms with Gasteiger partial charge in [0.05, 0.1) is 12.2 Å². The number of nitrogens with zero attached hydrogens (tertiary/aromatic N) is 1. The Morgan fingerprint density at radius 1 is 1.50 bits per heavy atom. The van der Waals surface area contributed by atoms with E-state index in [-0.39, 0.29) is 12.2 Å². The monoisotopic (exact) mass is 200 g/mol. The van der Waals surface area contributed by atoms with E-state index >= 15 is 0 Å². The van der Waals surface area contributed by atoms with Gasteiger partial charge in [-0.2, -0.15) is 0 Å². The van der Waals surface area contributed by atoms with Crippen LogP contribution in [0.3, 0.4) is 0 Å². The van der Waals surface area contributed by atoms with E-state index < -0.39 is 17.5 Å². The molecule has 0 aliphatic heterocycles. The summed E-state index contributed by atoms with van der Waals surface area (Å²) in [5.74, 6) is -1.90. The first-order valence-electron chi connectivity index (χ1n) is 3.98. The lowest BCUT2D eigenvalue weighted by molar-refractivity contribution is -0.117. The van der Waals surface area contributed by atoms with Gasteiger partial charge in [0.25, 0.3) is 0 Å². The largest absolute Gasteiger partial charge is 0.322 e. The van der Waals surface area contributed by atoms with Crippen molar-refractivity contribution in [2.45, 2.75) is 0 Å². The van der Waals surface area contributed by atoms with Crippen LogP contribution in [-0.4, -0.2) is 19.5 Å². The fourth-order valence-electron chi connectivity index (χ4n) is 1.02. The molecule has 1 amide bonds. The molecule has 0 aliphatic carbocycles. The number of halogens is 2. The van der Waals surface area contributed by atoms with Gasteiger partial charge in [-0.1, -0.05) is 0 Å². The maximum atomic E-state index is 13.1. The van der Waals surface area contributed by atoms with Crippen molar-refractivity contribution in [3.63, 3.8) is 0 Å². The Morgan fingerprint density at radius 2 is 2.14 bits per heavy atom. The average Bonchev–Trinajstić information content (AvgIpc) is 2.15. The molecule has 0 saturated heterocycles. The summed E-state index contributed by atoms with van der Waals surface area (Å²) in [6.45, 7) is -0.215. The van der Waals surface area contributed by atoms with Crippen LogP contribution in [0.2, 0.25) is 0 Å². The second-order valence-corrected chi connectivity index (χ2v) is 2.75. The summed E-state index contributed by atoms with van der Waals surface area (Å²) in [4.78, 5) is 12.1. The number of hydrogen-bond donors (Lipinski definition) is 1. The molecular weight excluding hydrogens is 190 g/mol. The Labute approximate surface area is 80.1 Å². The zero-order valence-corrected chi connectivity index (χ0v) is 7.63. The van der Waals surface area contributed by atoms with E-state index in [9.17, 15) is 13.6 Å². The molecule has 0 saturated carbocycles. The molecule has 0 unspecified atom stereocenters. The van der Waals surface area contributed by atoms with Gasteiger partial charge in [-0.05, 0) is 12.1 Å². The van der Waals surface area contributed by atoms with Gasteiger partial charge in [0.1, 0.15) is 11.6 Å². The van der Waals surface area contributed by atoms with E-state index in [2.05, 4.69) is 0 Å². The molecule has 0 radical (unpaired) electrons. The van der Waals surface area contributed by atoms with E-state index in [1.807, 2.05) is 0 Å². The van der Waals surface area contributed by atoms with Crippen molar-refractivity contribution < 1.29 is 13.6 Å².